The summed E-state index contributed by atoms with van der Waals surface area (Å²) in [5.41, 5.74) is 1.11. The third kappa shape index (κ3) is 3.96. The number of nitrogens with one attached hydrogen (secondary N) is 1. The summed E-state index contributed by atoms with van der Waals surface area (Å²) >= 11 is 0. The number of amides is 2. The Morgan fingerprint density at radius 3 is 2.55 bits per heavy atom. The van der Waals surface area contributed by atoms with Crippen molar-refractivity contribution in [3.8, 4) is 5.75 Å². The van der Waals surface area contributed by atoms with E-state index < -0.39 is 11.8 Å². The van der Waals surface area contributed by atoms with Crippen LogP contribution in [-0.4, -0.2) is 71.2 Å². The summed E-state index contributed by atoms with van der Waals surface area (Å²) in [6.07, 6.45) is 0. The maximum atomic E-state index is 12.1. The monoisotopic (exact) mass is 307 g/mol. The second-order valence-corrected chi connectivity index (χ2v) is 5.33. The van der Waals surface area contributed by atoms with Gasteiger partial charge in [-0.05, 0) is 24.6 Å². The lowest BCUT2D eigenvalue weighted by atomic mass is 10.2. The second kappa shape index (κ2) is 7.24. The Morgan fingerprint density at radius 2 is 1.91 bits per heavy atom. The number of anilines is 1. The number of carbonyl (C=O) groups is 2. The molecule has 0 radical (unpaired) electrons. The number of aliphatic hydroxyl groups excluding tert-OH is 1. The zero-order valence-corrected chi connectivity index (χ0v) is 12.6. The number of nitrogens with zero attached hydrogens (tertiary/aromatic N) is 2. The van der Waals surface area contributed by atoms with Gasteiger partial charge in [0.1, 0.15) is 5.75 Å². The van der Waals surface area contributed by atoms with E-state index in [0.717, 1.165) is 5.56 Å². The lowest BCUT2D eigenvalue weighted by Crippen LogP contribution is -2.52. The van der Waals surface area contributed by atoms with E-state index in [1.54, 1.807) is 12.1 Å². The molecule has 1 aliphatic heterocycles. The summed E-state index contributed by atoms with van der Waals surface area (Å²) in [5.74, 6) is -1.43. The first kappa shape index (κ1) is 16.3. The van der Waals surface area contributed by atoms with Crippen LogP contribution in [0.15, 0.2) is 18.2 Å². The van der Waals surface area contributed by atoms with Crippen molar-refractivity contribution in [1.29, 1.82) is 0 Å². The first-order valence-corrected chi connectivity index (χ1v) is 7.24. The number of aliphatic hydroxyl groups is 1. The number of phenolic OH excluding ortho intramolecular Hbond substituents is 1. The summed E-state index contributed by atoms with van der Waals surface area (Å²) in [5, 5.41) is 21.0. The summed E-state index contributed by atoms with van der Waals surface area (Å²) in [7, 11) is 0. The van der Waals surface area contributed by atoms with E-state index in [0.29, 0.717) is 32.7 Å². The Labute approximate surface area is 129 Å². The van der Waals surface area contributed by atoms with Crippen LogP contribution < -0.4 is 5.32 Å². The number of β-amino-alcohol motifs (C(OH)–C–C–N with tert-alkyl or cyclic N) is 1. The summed E-state index contributed by atoms with van der Waals surface area (Å²) < 4.78 is 0. The van der Waals surface area contributed by atoms with Crippen LogP contribution in [0.5, 0.6) is 5.75 Å². The molecule has 1 saturated heterocycles. The molecule has 0 aromatic heterocycles. The van der Waals surface area contributed by atoms with Crippen LogP contribution in [0.25, 0.3) is 0 Å². The molecule has 1 aromatic rings. The van der Waals surface area contributed by atoms with E-state index in [1.807, 2.05) is 11.8 Å². The number of hydrogen-bond donors (Lipinski definition) is 3. The van der Waals surface area contributed by atoms with Gasteiger partial charge in [0.15, 0.2) is 0 Å². The fourth-order valence-corrected chi connectivity index (χ4v) is 2.39. The van der Waals surface area contributed by atoms with Gasteiger partial charge in [0.2, 0.25) is 0 Å². The lowest BCUT2D eigenvalue weighted by molar-refractivity contribution is -0.144. The Hall–Kier alpha value is -2.12. The Morgan fingerprint density at radius 1 is 1.23 bits per heavy atom. The minimum Gasteiger partial charge on any atom is -0.506 e. The van der Waals surface area contributed by atoms with Gasteiger partial charge in [-0.25, -0.2) is 0 Å². The van der Waals surface area contributed by atoms with Gasteiger partial charge >= 0.3 is 11.8 Å². The Bertz CT molecular complexity index is 554. The number of aryl methyl sites for hydroxylation is 1. The maximum absolute atomic E-state index is 12.1. The van der Waals surface area contributed by atoms with Gasteiger partial charge in [0.05, 0.1) is 12.3 Å². The van der Waals surface area contributed by atoms with E-state index in [9.17, 15) is 14.7 Å². The van der Waals surface area contributed by atoms with Gasteiger partial charge in [0.25, 0.3) is 0 Å². The molecular formula is C15H21N3O4. The fourth-order valence-electron chi connectivity index (χ4n) is 2.39. The summed E-state index contributed by atoms with van der Waals surface area (Å²) in [6, 6.07) is 4.80. The van der Waals surface area contributed by atoms with Crippen molar-refractivity contribution in [2.24, 2.45) is 0 Å². The van der Waals surface area contributed by atoms with Crippen molar-refractivity contribution < 1.29 is 19.8 Å². The number of piperazine rings is 1. The number of hydrogen-bond acceptors (Lipinski definition) is 5. The van der Waals surface area contributed by atoms with E-state index in [-0.39, 0.29) is 18.0 Å². The van der Waals surface area contributed by atoms with Crippen LogP contribution in [0, 0.1) is 6.92 Å². The number of rotatable bonds is 3. The van der Waals surface area contributed by atoms with Gasteiger partial charge in [-0.1, -0.05) is 6.07 Å². The van der Waals surface area contributed by atoms with Crippen molar-refractivity contribution in [2.75, 3.05) is 44.6 Å². The van der Waals surface area contributed by atoms with Gasteiger partial charge in [-0.15, -0.1) is 0 Å². The molecule has 0 atom stereocenters. The molecule has 2 rings (SSSR count). The highest BCUT2D eigenvalue weighted by atomic mass is 16.3. The minimum absolute atomic E-state index is 0.0699. The van der Waals surface area contributed by atoms with Crippen molar-refractivity contribution in [3.63, 3.8) is 0 Å². The summed E-state index contributed by atoms with van der Waals surface area (Å²) in [6.45, 7) is 4.66. The minimum atomic E-state index is -0.753. The van der Waals surface area contributed by atoms with Crippen LogP contribution in [0.4, 0.5) is 5.69 Å². The number of carbonyl (C=O) groups excluding carboxylic acids is 2. The predicted molar refractivity (Wildman–Crippen MR) is 81.6 cm³/mol. The molecule has 2 amide bonds. The predicted octanol–water partition coefficient (Wildman–Crippen LogP) is -0.224. The molecule has 120 valence electrons. The molecule has 0 saturated carbocycles. The second-order valence-electron chi connectivity index (χ2n) is 5.33. The Kier molecular flexibility index (Phi) is 5.35. The van der Waals surface area contributed by atoms with Gasteiger partial charge in [-0.3, -0.25) is 14.5 Å². The molecule has 1 aliphatic rings. The topological polar surface area (TPSA) is 93.1 Å². The molecule has 0 bridgehead atoms. The fraction of sp³-hybridized carbons (Fsp3) is 0.467. The van der Waals surface area contributed by atoms with Crippen molar-refractivity contribution in [2.45, 2.75) is 6.92 Å². The SMILES string of the molecule is Cc1ccc(O)c(NC(=O)C(=O)N2CCN(CCO)CC2)c1. The van der Waals surface area contributed by atoms with Crippen LogP contribution >= 0.6 is 0 Å². The Balaban J connectivity index is 1.93. The van der Waals surface area contributed by atoms with Crippen molar-refractivity contribution in [3.05, 3.63) is 23.8 Å². The molecule has 7 nitrogen and oxygen atoms in total. The standard InChI is InChI=1S/C15H21N3O4/c1-11-2-3-13(20)12(10-11)16-14(21)15(22)18-6-4-17(5-7-18)8-9-19/h2-3,10,19-20H,4-9H2,1H3,(H,16,21). The molecule has 0 unspecified atom stereocenters. The van der Waals surface area contributed by atoms with Crippen LogP contribution in [0.1, 0.15) is 5.56 Å². The van der Waals surface area contributed by atoms with Crippen LogP contribution in [0.3, 0.4) is 0 Å². The molecule has 3 N–H and O–H groups in total. The average molecular weight is 307 g/mol. The highest BCUT2D eigenvalue weighted by molar-refractivity contribution is 6.39. The molecule has 7 heteroatoms. The van der Waals surface area contributed by atoms with Crippen molar-refractivity contribution >= 4 is 17.5 Å². The molecule has 1 fully saturated rings. The quantitative estimate of drug-likeness (QED) is 0.530. The maximum Gasteiger partial charge on any atom is 0.314 e. The van der Waals surface area contributed by atoms with E-state index in [1.165, 1.54) is 11.0 Å². The van der Waals surface area contributed by atoms with E-state index in [4.69, 9.17) is 5.11 Å². The molecule has 0 spiro atoms. The highest BCUT2D eigenvalue weighted by Gasteiger charge is 2.26. The third-order valence-electron chi connectivity index (χ3n) is 3.67. The largest absolute Gasteiger partial charge is 0.506 e. The molecule has 1 aromatic carbocycles. The summed E-state index contributed by atoms with van der Waals surface area (Å²) in [4.78, 5) is 27.7. The highest BCUT2D eigenvalue weighted by Crippen LogP contribution is 2.23. The third-order valence-corrected chi connectivity index (χ3v) is 3.67. The molecular weight excluding hydrogens is 286 g/mol. The van der Waals surface area contributed by atoms with Gasteiger partial charge < -0.3 is 20.4 Å². The number of aromatic hydroxyl groups is 1. The zero-order valence-electron chi connectivity index (χ0n) is 12.6. The van der Waals surface area contributed by atoms with Gasteiger partial charge in [-0.2, -0.15) is 0 Å². The number of phenols is 1. The van der Waals surface area contributed by atoms with Crippen LogP contribution in [0.2, 0.25) is 0 Å². The normalized spacial score (nSPS) is 15.6. The number of benzene rings is 1. The molecule has 1 heterocycles. The molecule has 22 heavy (non-hydrogen) atoms. The van der Waals surface area contributed by atoms with E-state index >= 15 is 0 Å². The van der Waals surface area contributed by atoms with Gasteiger partial charge in [0, 0.05) is 32.7 Å². The smallest absolute Gasteiger partial charge is 0.314 e. The average Bonchev–Trinajstić information content (AvgIpc) is 2.51. The lowest BCUT2D eigenvalue weighted by Gasteiger charge is -2.33. The van der Waals surface area contributed by atoms with Crippen molar-refractivity contribution in [1.82, 2.24) is 9.80 Å². The zero-order chi connectivity index (χ0) is 16.1. The first-order chi connectivity index (χ1) is 10.5. The molecule has 0 aliphatic carbocycles. The van der Waals surface area contributed by atoms with E-state index in [2.05, 4.69) is 5.32 Å². The van der Waals surface area contributed by atoms with Crippen LogP contribution in [-0.2, 0) is 9.59 Å². The first-order valence-electron chi connectivity index (χ1n) is 7.24.